The van der Waals surface area contributed by atoms with Crippen molar-refractivity contribution in [2.24, 2.45) is 0 Å². The molecule has 2 fully saturated rings. The summed E-state index contributed by atoms with van der Waals surface area (Å²) in [5.74, 6) is 2.09. The summed E-state index contributed by atoms with van der Waals surface area (Å²) in [4.78, 5) is 36.9. The van der Waals surface area contributed by atoms with Gasteiger partial charge in [-0.1, -0.05) is 6.92 Å². The number of hydrogen-bond donors (Lipinski definition) is 1. The third-order valence-electron chi connectivity index (χ3n) is 4.48. The van der Waals surface area contributed by atoms with Crippen LogP contribution in [0.3, 0.4) is 0 Å². The number of nitrogens with zero attached hydrogens (tertiary/aromatic N) is 4. The molecule has 2 saturated heterocycles. The van der Waals surface area contributed by atoms with Crippen molar-refractivity contribution >= 4 is 29.5 Å². The molecule has 0 aliphatic carbocycles. The van der Waals surface area contributed by atoms with Crippen LogP contribution < -0.4 is 10.2 Å². The van der Waals surface area contributed by atoms with Crippen molar-refractivity contribution < 1.29 is 9.59 Å². The second-order valence-electron chi connectivity index (χ2n) is 6.05. The van der Waals surface area contributed by atoms with E-state index in [2.05, 4.69) is 20.2 Å². The van der Waals surface area contributed by atoms with Gasteiger partial charge in [-0.2, -0.15) is 0 Å². The molecule has 0 saturated carbocycles. The fourth-order valence-corrected chi connectivity index (χ4v) is 4.27. The van der Waals surface area contributed by atoms with Crippen LogP contribution in [0.25, 0.3) is 0 Å². The molecule has 1 N–H and O–H groups in total. The van der Waals surface area contributed by atoms with E-state index in [1.54, 1.807) is 35.1 Å². The first-order valence-corrected chi connectivity index (χ1v) is 9.54. The highest BCUT2D eigenvalue weighted by atomic mass is 32.2. The molecule has 3 rings (SSSR count). The summed E-state index contributed by atoms with van der Waals surface area (Å²) in [7, 11) is 0. The van der Waals surface area contributed by atoms with E-state index in [0.717, 1.165) is 31.9 Å². The van der Waals surface area contributed by atoms with Crippen LogP contribution in [0.15, 0.2) is 18.5 Å². The summed E-state index contributed by atoms with van der Waals surface area (Å²) in [6.45, 7) is 3.49. The number of carbonyl (C=O) groups excluding carboxylic acids is 2. The number of thioether (sulfide) groups is 1. The Morgan fingerprint density at radius 3 is 2.67 bits per heavy atom. The smallest absolute Gasteiger partial charge is 0.243 e. The lowest BCUT2D eigenvalue weighted by atomic mass is 10.0. The molecule has 8 heteroatoms. The van der Waals surface area contributed by atoms with Crippen LogP contribution in [0.4, 0.5) is 5.95 Å². The van der Waals surface area contributed by atoms with Crippen molar-refractivity contribution in [3.8, 4) is 0 Å². The van der Waals surface area contributed by atoms with E-state index < -0.39 is 0 Å². The van der Waals surface area contributed by atoms with Gasteiger partial charge in [0.15, 0.2) is 0 Å². The molecule has 0 spiro atoms. The highest BCUT2D eigenvalue weighted by Crippen LogP contribution is 2.22. The van der Waals surface area contributed by atoms with Crippen molar-refractivity contribution in [2.75, 3.05) is 29.6 Å². The molecule has 3 heterocycles. The first kappa shape index (κ1) is 17.0. The van der Waals surface area contributed by atoms with E-state index in [1.807, 2.05) is 6.92 Å². The summed E-state index contributed by atoms with van der Waals surface area (Å²) in [5, 5.41) is 3.13. The van der Waals surface area contributed by atoms with E-state index in [1.165, 1.54) is 0 Å². The maximum atomic E-state index is 12.5. The molecule has 0 aromatic carbocycles. The van der Waals surface area contributed by atoms with Crippen molar-refractivity contribution in [3.63, 3.8) is 0 Å². The van der Waals surface area contributed by atoms with Gasteiger partial charge >= 0.3 is 0 Å². The summed E-state index contributed by atoms with van der Waals surface area (Å²) < 4.78 is 0. The van der Waals surface area contributed by atoms with Crippen LogP contribution >= 0.6 is 11.8 Å². The van der Waals surface area contributed by atoms with Crippen molar-refractivity contribution in [1.82, 2.24) is 20.2 Å². The number of hydrogen-bond acceptors (Lipinski definition) is 6. The molecule has 2 aliphatic rings. The maximum Gasteiger partial charge on any atom is 0.243 e. The third kappa shape index (κ3) is 3.80. The van der Waals surface area contributed by atoms with Gasteiger partial charge in [0, 0.05) is 43.7 Å². The minimum absolute atomic E-state index is 0.0174. The van der Waals surface area contributed by atoms with Crippen molar-refractivity contribution in [2.45, 2.75) is 38.3 Å². The number of piperidine rings is 1. The van der Waals surface area contributed by atoms with Gasteiger partial charge in [0.25, 0.3) is 0 Å². The molecule has 0 bridgehead atoms. The topological polar surface area (TPSA) is 78.4 Å². The predicted molar refractivity (Wildman–Crippen MR) is 93.7 cm³/mol. The number of anilines is 1. The summed E-state index contributed by atoms with van der Waals surface area (Å²) >= 11 is 1.64. The quantitative estimate of drug-likeness (QED) is 0.869. The van der Waals surface area contributed by atoms with Crippen LogP contribution in [0, 0.1) is 0 Å². The fraction of sp³-hybridized carbons (Fsp3) is 0.625. The Kier molecular flexibility index (Phi) is 5.55. The number of nitrogens with one attached hydrogen (secondary N) is 1. The second kappa shape index (κ2) is 7.83. The molecule has 1 atom stereocenters. The summed E-state index contributed by atoms with van der Waals surface area (Å²) in [5.41, 5.74) is 0. The average Bonchev–Trinajstić information content (AvgIpc) is 3.12. The fourth-order valence-electron chi connectivity index (χ4n) is 3.08. The molecule has 2 amide bonds. The molecule has 1 aromatic rings. The number of carbonyl (C=O) groups is 2. The molecule has 0 radical (unpaired) electrons. The van der Waals surface area contributed by atoms with Crippen LogP contribution in [0.5, 0.6) is 0 Å². The van der Waals surface area contributed by atoms with Gasteiger partial charge in [-0.05, 0) is 18.9 Å². The Morgan fingerprint density at radius 1 is 1.29 bits per heavy atom. The van der Waals surface area contributed by atoms with Gasteiger partial charge in [-0.15, -0.1) is 11.8 Å². The Morgan fingerprint density at radius 2 is 2.00 bits per heavy atom. The van der Waals surface area contributed by atoms with Gasteiger partial charge in [-0.25, -0.2) is 9.97 Å². The predicted octanol–water partition coefficient (Wildman–Crippen LogP) is 0.873. The van der Waals surface area contributed by atoms with Crippen LogP contribution in [0.1, 0.15) is 26.2 Å². The van der Waals surface area contributed by atoms with E-state index in [4.69, 9.17) is 0 Å². The lowest BCUT2D eigenvalue weighted by molar-refractivity contribution is -0.138. The molecular weight excluding hydrogens is 326 g/mol. The van der Waals surface area contributed by atoms with Crippen LogP contribution in [0.2, 0.25) is 0 Å². The van der Waals surface area contributed by atoms with Gasteiger partial charge in [0.1, 0.15) is 6.04 Å². The van der Waals surface area contributed by atoms with Gasteiger partial charge < -0.3 is 15.1 Å². The zero-order valence-corrected chi connectivity index (χ0v) is 14.7. The SMILES string of the molecule is CCC(=O)N1CSCC1C(=O)NC1CCN(c2ncccn2)CC1. The number of amides is 2. The first-order valence-electron chi connectivity index (χ1n) is 8.38. The normalized spacial score (nSPS) is 21.8. The minimum atomic E-state index is -0.321. The Hall–Kier alpha value is -1.83. The zero-order valence-electron chi connectivity index (χ0n) is 13.9. The van der Waals surface area contributed by atoms with Crippen molar-refractivity contribution in [1.29, 1.82) is 0 Å². The molecule has 7 nitrogen and oxygen atoms in total. The van der Waals surface area contributed by atoms with E-state index >= 15 is 0 Å². The Balaban J connectivity index is 1.51. The van der Waals surface area contributed by atoms with Gasteiger partial charge in [0.2, 0.25) is 17.8 Å². The zero-order chi connectivity index (χ0) is 16.9. The number of rotatable bonds is 4. The standard InChI is InChI=1S/C16H23N5O2S/c1-2-14(22)21-11-24-10-13(21)15(23)19-12-4-8-20(9-5-12)16-17-6-3-7-18-16/h3,6-7,12-13H,2,4-5,8-11H2,1H3,(H,19,23). The largest absolute Gasteiger partial charge is 0.351 e. The Labute approximate surface area is 146 Å². The highest BCUT2D eigenvalue weighted by molar-refractivity contribution is 7.99. The maximum absolute atomic E-state index is 12.5. The second-order valence-corrected chi connectivity index (χ2v) is 7.05. The van der Waals surface area contributed by atoms with Crippen molar-refractivity contribution in [3.05, 3.63) is 18.5 Å². The molecule has 24 heavy (non-hydrogen) atoms. The van der Waals surface area contributed by atoms with Crippen LogP contribution in [-0.4, -0.2) is 63.5 Å². The monoisotopic (exact) mass is 349 g/mol. The lowest BCUT2D eigenvalue weighted by Gasteiger charge is -2.33. The van der Waals surface area contributed by atoms with Gasteiger partial charge in [-0.3, -0.25) is 9.59 Å². The highest BCUT2D eigenvalue weighted by Gasteiger charge is 2.35. The lowest BCUT2D eigenvalue weighted by Crippen LogP contribution is -2.52. The van der Waals surface area contributed by atoms with E-state index in [9.17, 15) is 9.59 Å². The average molecular weight is 349 g/mol. The van der Waals surface area contributed by atoms with Gasteiger partial charge in [0.05, 0.1) is 5.88 Å². The molecule has 130 valence electrons. The molecule has 1 aromatic heterocycles. The van der Waals surface area contributed by atoms with Crippen LogP contribution in [-0.2, 0) is 9.59 Å². The summed E-state index contributed by atoms with van der Waals surface area (Å²) in [6, 6.07) is 1.64. The van der Waals surface area contributed by atoms with E-state index in [-0.39, 0.29) is 23.9 Å². The molecule has 1 unspecified atom stereocenters. The number of aromatic nitrogens is 2. The molecule has 2 aliphatic heterocycles. The molecular formula is C16H23N5O2S. The first-order chi connectivity index (χ1) is 11.7. The summed E-state index contributed by atoms with van der Waals surface area (Å²) in [6.07, 6.45) is 5.66. The third-order valence-corrected chi connectivity index (χ3v) is 5.50. The Bertz CT molecular complexity index is 577. The van der Waals surface area contributed by atoms with E-state index in [0.29, 0.717) is 18.1 Å². The minimum Gasteiger partial charge on any atom is -0.351 e.